The first-order valence-corrected chi connectivity index (χ1v) is 9.96. The number of nitrogens with one attached hydrogen (secondary N) is 2. The minimum absolute atomic E-state index is 0.0314. The molecule has 0 spiro atoms. The summed E-state index contributed by atoms with van der Waals surface area (Å²) in [7, 11) is 1.56. The molecule has 0 bridgehead atoms. The van der Waals surface area contributed by atoms with Crippen LogP contribution in [0, 0.1) is 0 Å². The molecular formula is C19H18BrN3O3S. The van der Waals surface area contributed by atoms with Crippen molar-refractivity contribution in [3.8, 4) is 0 Å². The monoisotopic (exact) mass is 447 g/mol. The van der Waals surface area contributed by atoms with Crippen molar-refractivity contribution in [3.05, 3.63) is 53.0 Å². The number of benzene rings is 2. The number of hydrogen-bond acceptors (Lipinski definition) is 4. The van der Waals surface area contributed by atoms with E-state index in [9.17, 15) is 14.4 Å². The van der Waals surface area contributed by atoms with E-state index < -0.39 is 5.25 Å². The first-order valence-electron chi connectivity index (χ1n) is 8.29. The highest BCUT2D eigenvalue weighted by Crippen LogP contribution is 2.36. The third kappa shape index (κ3) is 4.90. The van der Waals surface area contributed by atoms with E-state index >= 15 is 0 Å². The standard InChI is InChI=1S/C19H18BrN3O3S/c1-23(11-17(24)21-13-7-3-2-6-12(13)20)18(25)10-16-19(26)22-14-8-4-5-9-15(14)27-16/h2-9,16H,10-11H2,1H3,(H,21,24)(H,22,26)/t16-/m1/s1. The zero-order chi connectivity index (χ0) is 19.4. The Balaban J connectivity index is 1.55. The Labute approximate surface area is 169 Å². The van der Waals surface area contributed by atoms with Crippen LogP contribution in [0.5, 0.6) is 0 Å². The molecule has 3 rings (SSSR count). The molecule has 2 N–H and O–H groups in total. The minimum Gasteiger partial charge on any atom is -0.336 e. The van der Waals surface area contributed by atoms with Gasteiger partial charge in [0.1, 0.15) is 0 Å². The lowest BCUT2D eigenvalue weighted by molar-refractivity contribution is -0.134. The van der Waals surface area contributed by atoms with Crippen LogP contribution < -0.4 is 10.6 Å². The fourth-order valence-electron chi connectivity index (χ4n) is 2.60. The lowest BCUT2D eigenvalue weighted by Gasteiger charge is -2.25. The second-order valence-electron chi connectivity index (χ2n) is 6.07. The second-order valence-corrected chi connectivity index (χ2v) is 8.17. The number of rotatable bonds is 5. The minimum atomic E-state index is -0.513. The van der Waals surface area contributed by atoms with E-state index in [0.29, 0.717) is 5.69 Å². The molecule has 2 aromatic carbocycles. The Kier molecular flexibility index (Phi) is 6.18. The Bertz CT molecular complexity index is 890. The molecule has 0 unspecified atom stereocenters. The van der Waals surface area contributed by atoms with Gasteiger partial charge in [0.25, 0.3) is 0 Å². The number of para-hydroxylation sites is 2. The molecule has 3 amide bonds. The van der Waals surface area contributed by atoms with Gasteiger partial charge < -0.3 is 15.5 Å². The van der Waals surface area contributed by atoms with Gasteiger partial charge in [-0.05, 0) is 40.2 Å². The van der Waals surface area contributed by atoms with Crippen molar-refractivity contribution in [3.63, 3.8) is 0 Å². The van der Waals surface area contributed by atoms with E-state index in [4.69, 9.17) is 0 Å². The molecule has 0 saturated carbocycles. The number of thioether (sulfide) groups is 1. The molecule has 0 fully saturated rings. The fourth-order valence-corrected chi connectivity index (χ4v) is 4.08. The van der Waals surface area contributed by atoms with E-state index in [1.54, 1.807) is 13.1 Å². The van der Waals surface area contributed by atoms with Crippen LogP contribution in [0.1, 0.15) is 6.42 Å². The number of fused-ring (bicyclic) bond motifs is 1. The third-order valence-corrected chi connectivity index (χ3v) is 5.99. The van der Waals surface area contributed by atoms with Gasteiger partial charge in [0.15, 0.2) is 0 Å². The summed E-state index contributed by atoms with van der Waals surface area (Å²) in [6, 6.07) is 14.7. The van der Waals surface area contributed by atoms with Crippen molar-refractivity contribution in [1.29, 1.82) is 0 Å². The number of likely N-dealkylation sites (N-methyl/N-ethyl adjacent to an activating group) is 1. The number of carbonyl (C=O) groups excluding carboxylic acids is 3. The maximum atomic E-state index is 12.5. The summed E-state index contributed by atoms with van der Waals surface area (Å²) in [5.41, 5.74) is 1.40. The number of nitrogens with zero attached hydrogens (tertiary/aromatic N) is 1. The van der Waals surface area contributed by atoms with Gasteiger partial charge in [0.05, 0.1) is 23.2 Å². The van der Waals surface area contributed by atoms with Gasteiger partial charge in [-0.2, -0.15) is 0 Å². The number of anilines is 2. The third-order valence-electron chi connectivity index (χ3n) is 4.02. The molecule has 1 atom stereocenters. The Morgan fingerprint density at radius 1 is 1.19 bits per heavy atom. The second kappa shape index (κ2) is 8.58. The molecule has 6 nitrogen and oxygen atoms in total. The number of amides is 3. The van der Waals surface area contributed by atoms with Gasteiger partial charge in [-0.15, -0.1) is 11.8 Å². The molecule has 0 aromatic heterocycles. The number of hydrogen-bond donors (Lipinski definition) is 2. The molecule has 1 aliphatic rings. The molecule has 27 heavy (non-hydrogen) atoms. The Morgan fingerprint density at radius 3 is 2.67 bits per heavy atom. The van der Waals surface area contributed by atoms with Crippen LogP contribution >= 0.6 is 27.7 Å². The maximum absolute atomic E-state index is 12.5. The van der Waals surface area contributed by atoms with Crippen molar-refractivity contribution < 1.29 is 14.4 Å². The van der Waals surface area contributed by atoms with Crippen LogP contribution in [-0.4, -0.2) is 41.5 Å². The highest BCUT2D eigenvalue weighted by Gasteiger charge is 2.30. The summed E-state index contributed by atoms with van der Waals surface area (Å²) in [5, 5.41) is 5.06. The largest absolute Gasteiger partial charge is 0.336 e. The first-order chi connectivity index (χ1) is 12.9. The SMILES string of the molecule is CN(CC(=O)Nc1ccccc1Br)C(=O)C[C@H]1Sc2ccccc2NC1=O. The first kappa shape index (κ1) is 19.4. The summed E-state index contributed by atoms with van der Waals surface area (Å²) in [5.74, 6) is -0.758. The Morgan fingerprint density at radius 2 is 1.89 bits per heavy atom. The predicted octanol–water partition coefficient (Wildman–Crippen LogP) is 3.35. The zero-order valence-corrected chi connectivity index (χ0v) is 17.0. The molecule has 8 heteroatoms. The molecule has 0 radical (unpaired) electrons. The summed E-state index contributed by atoms with van der Waals surface area (Å²) in [4.78, 5) is 39.2. The van der Waals surface area contributed by atoms with Crippen molar-refractivity contribution in [2.45, 2.75) is 16.6 Å². The molecule has 0 saturated heterocycles. The normalized spacial score (nSPS) is 15.5. The molecule has 2 aromatic rings. The van der Waals surface area contributed by atoms with E-state index in [1.807, 2.05) is 42.5 Å². The van der Waals surface area contributed by atoms with E-state index in [-0.39, 0.29) is 30.7 Å². The average molecular weight is 448 g/mol. The predicted molar refractivity (Wildman–Crippen MR) is 110 cm³/mol. The highest BCUT2D eigenvalue weighted by atomic mass is 79.9. The van der Waals surface area contributed by atoms with Crippen molar-refractivity contribution in [2.75, 3.05) is 24.2 Å². The molecule has 140 valence electrons. The molecule has 0 aliphatic carbocycles. The quantitative estimate of drug-likeness (QED) is 0.736. The van der Waals surface area contributed by atoms with Gasteiger partial charge in [-0.25, -0.2) is 0 Å². The van der Waals surface area contributed by atoms with Gasteiger partial charge in [-0.1, -0.05) is 24.3 Å². The molecule has 1 aliphatic heterocycles. The fraction of sp³-hybridized carbons (Fsp3) is 0.211. The number of carbonyl (C=O) groups is 3. The van der Waals surface area contributed by atoms with Gasteiger partial charge >= 0.3 is 0 Å². The van der Waals surface area contributed by atoms with Crippen LogP contribution in [0.3, 0.4) is 0 Å². The van der Waals surface area contributed by atoms with Crippen LogP contribution in [0.4, 0.5) is 11.4 Å². The molecule has 1 heterocycles. The van der Waals surface area contributed by atoms with Crippen molar-refractivity contribution >= 4 is 56.8 Å². The van der Waals surface area contributed by atoms with Gasteiger partial charge in [-0.3, -0.25) is 14.4 Å². The van der Waals surface area contributed by atoms with Crippen LogP contribution in [0.15, 0.2) is 57.9 Å². The van der Waals surface area contributed by atoms with Gasteiger partial charge in [0, 0.05) is 22.8 Å². The van der Waals surface area contributed by atoms with Gasteiger partial charge in [0.2, 0.25) is 17.7 Å². The van der Waals surface area contributed by atoms with E-state index in [2.05, 4.69) is 26.6 Å². The van der Waals surface area contributed by atoms with Crippen LogP contribution in [0.25, 0.3) is 0 Å². The summed E-state index contributed by atoms with van der Waals surface area (Å²) in [6.45, 7) is -0.0875. The maximum Gasteiger partial charge on any atom is 0.244 e. The summed E-state index contributed by atoms with van der Waals surface area (Å²) in [6.07, 6.45) is 0.0314. The van der Waals surface area contributed by atoms with Crippen molar-refractivity contribution in [1.82, 2.24) is 4.90 Å². The average Bonchev–Trinajstić information content (AvgIpc) is 2.64. The lowest BCUT2D eigenvalue weighted by Crippen LogP contribution is -2.39. The van der Waals surface area contributed by atoms with E-state index in [1.165, 1.54) is 16.7 Å². The van der Waals surface area contributed by atoms with Crippen LogP contribution in [0.2, 0.25) is 0 Å². The highest BCUT2D eigenvalue weighted by molar-refractivity contribution is 9.10. The summed E-state index contributed by atoms with van der Waals surface area (Å²) >= 11 is 4.73. The van der Waals surface area contributed by atoms with E-state index in [0.717, 1.165) is 15.1 Å². The lowest BCUT2D eigenvalue weighted by atomic mass is 10.2. The summed E-state index contributed by atoms with van der Waals surface area (Å²) < 4.78 is 0.765. The Hall–Kier alpha value is -2.32. The molecular weight excluding hydrogens is 430 g/mol. The smallest absolute Gasteiger partial charge is 0.244 e. The zero-order valence-electron chi connectivity index (χ0n) is 14.6. The number of halogens is 1. The van der Waals surface area contributed by atoms with Crippen molar-refractivity contribution in [2.24, 2.45) is 0 Å². The van der Waals surface area contributed by atoms with Crippen LogP contribution in [-0.2, 0) is 14.4 Å². The topological polar surface area (TPSA) is 78.5 Å².